The van der Waals surface area contributed by atoms with Gasteiger partial charge < -0.3 is 5.73 Å². The number of hydrogen-bond acceptors (Lipinski definition) is 4. The Labute approximate surface area is 157 Å². The van der Waals surface area contributed by atoms with Gasteiger partial charge in [0.2, 0.25) is 0 Å². The summed E-state index contributed by atoms with van der Waals surface area (Å²) in [4.78, 5) is 9.44. The van der Waals surface area contributed by atoms with Crippen molar-refractivity contribution < 1.29 is 0 Å². The monoisotopic (exact) mass is 355 g/mol. The maximum Gasteiger partial charge on any atom is 0.154 e. The molecule has 0 spiro atoms. The molecule has 1 aliphatic rings. The number of fused-ring (bicyclic) bond motifs is 1. The van der Waals surface area contributed by atoms with E-state index in [0.717, 1.165) is 39.4 Å². The summed E-state index contributed by atoms with van der Waals surface area (Å²) in [7, 11) is 0. The fourth-order valence-corrected chi connectivity index (χ4v) is 3.50. The SMILES string of the molecule is Cc1cccc(-n2ncc3ccc(-c4cccc(C(N)C5CC5)n4)cc32)n1. The third-order valence-corrected chi connectivity index (χ3v) is 5.20. The van der Waals surface area contributed by atoms with Crippen molar-refractivity contribution in [2.24, 2.45) is 11.7 Å². The largest absolute Gasteiger partial charge is 0.322 e. The summed E-state index contributed by atoms with van der Waals surface area (Å²) in [6.07, 6.45) is 4.29. The van der Waals surface area contributed by atoms with Gasteiger partial charge >= 0.3 is 0 Å². The number of nitrogens with zero attached hydrogens (tertiary/aromatic N) is 4. The van der Waals surface area contributed by atoms with E-state index in [1.54, 1.807) is 0 Å². The summed E-state index contributed by atoms with van der Waals surface area (Å²) < 4.78 is 1.88. The molecule has 1 fully saturated rings. The maximum absolute atomic E-state index is 6.35. The second-order valence-corrected chi connectivity index (χ2v) is 7.28. The second-order valence-electron chi connectivity index (χ2n) is 7.28. The molecule has 134 valence electrons. The molecule has 5 rings (SSSR count). The molecule has 27 heavy (non-hydrogen) atoms. The smallest absolute Gasteiger partial charge is 0.154 e. The zero-order valence-corrected chi connectivity index (χ0v) is 15.2. The van der Waals surface area contributed by atoms with Crippen molar-refractivity contribution in [2.45, 2.75) is 25.8 Å². The maximum atomic E-state index is 6.35. The van der Waals surface area contributed by atoms with Crippen LogP contribution in [0.25, 0.3) is 28.0 Å². The summed E-state index contributed by atoms with van der Waals surface area (Å²) in [5.74, 6) is 1.41. The topological polar surface area (TPSA) is 69.6 Å². The van der Waals surface area contributed by atoms with E-state index in [-0.39, 0.29) is 6.04 Å². The van der Waals surface area contributed by atoms with Gasteiger partial charge in [0.25, 0.3) is 0 Å². The van der Waals surface area contributed by atoms with Crippen LogP contribution < -0.4 is 5.73 Å². The van der Waals surface area contributed by atoms with Crippen molar-refractivity contribution in [3.8, 4) is 17.1 Å². The first-order valence-electron chi connectivity index (χ1n) is 9.34. The van der Waals surface area contributed by atoms with E-state index in [1.807, 2.05) is 54.2 Å². The van der Waals surface area contributed by atoms with Gasteiger partial charge in [-0.2, -0.15) is 5.10 Å². The normalized spacial score (nSPS) is 15.2. The van der Waals surface area contributed by atoms with Crippen molar-refractivity contribution in [3.63, 3.8) is 0 Å². The van der Waals surface area contributed by atoms with Crippen molar-refractivity contribution in [1.29, 1.82) is 0 Å². The number of benzene rings is 1. The lowest BCUT2D eigenvalue weighted by atomic mass is 10.1. The van der Waals surface area contributed by atoms with E-state index < -0.39 is 0 Å². The highest BCUT2D eigenvalue weighted by atomic mass is 15.3. The minimum atomic E-state index is 0.0377. The Kier molecular flexibility index (Phi) is 3.76. The zero-order valence-electron chi connectivity index (χ0n) is 15.2. The van der Waals surface area contributed by atoms with Crippen LogP contribution in [0.5, 0.6) is 0 Å². The van der Waals surface area contributed by atoms with Gasteiger partial charge in [0.15, 0.2) is 5.82 Å². The predicted octanol–water partition coefficient (Wildman–Crippen LogP) is 4.20. The van der Waals surface area contributed by atoms with Gasteiger partial charge in [0, 0.05) is 22.7 Å². The molecule has 1 saturated carbocycles. The van der Waals surface area contributed by atoms with Crippen LogP contribution in [0.4, 0.5) is 0 Å². The van der Waals surface area contributed by atoms with Crippen LogP contribution in [0.15, 0.2) is 60.8 Å². The number of aromatic nitrogens is 4. The van der Waals surface area contributed by atoms with Crippen molar-refractivity contribution >= 4 is 10.9 Å². The number of nitrogens with two attached hydrogens (primary N) is 1. The van der Waals surface area contributed by atoms with Gasteiger partial charge in [-0.25, -0.2) is 9.67 Å². The third kappa shape index (κ3) is 3.00. The molecule has 2 N–H and O–H groups in total. The van der Waals surface area contributed by atoms with Crippen LogP contribution in [0.1, 0.15) is 30.3 Å². The first-order valence-corrected chi connectivity index (χ1v) is 9.34. The molecule has 0 saturated heterocycles. The number of rotatable bonds is 4. The van der Waals surface area contributed by atoms with Crippen molar-refractivity contribution in [3.05, 3.63) is 72.2 Å². The minimum Gasteiger partial charge on any atom is -0.322 e. The Morgan fingerprint density at radius 3 is 2.70 bits per heavy atom. The summed E-state index contributed by atoms with van der Waals surface area (Å²) >= 11 is 0. The Bertz CT molecular complexity index is 1130. The van der Waals surface area contributed by atoms with Gasteiger partial charge in [-0.15, -0.1) is 0 Å². The van der Waals surface area contributed by atoms with Crippen molar-refractivity contribution in [1.82, 2.24) is 19.7 Å². The van der Waals surface area contributed by atoms with Gasteiger partial charge in [0.05, 0.1) is 23.1 Å². The molecule has 0 aliphatic heterocycles. The average Bonchev–Trinajstić information content (AvgIpc) is 3.46. The highest BCUT2D eigenvalue weighted by molar-refractivity contribution is 5.84. The molecule has 1 atom stereocenters. The molecule has 1 unspecified atom stereocenters. The molecule has 5 nitrogen and oxygen atoms in total. The van der Waals surface area contributed by atoms with Crippen LogP contribution in [0.3, 0.4) is 0 Å². The van der Waals surface area contributed by atoms with E-state index in [1.165, 1.54) is 12.8 Å². The molecule has 1 aliphatic carbocycles. The van der Waals surface area contributed by atoms with Gasteiger partial charge in [-0.1, -0.05) is 24.3 Å². The lowest BCUT2D eigenvalue weighted by molar-refractivity contribution is 0.615. The Hall–Kier alpha value is -3.05. The molecule has 0 bridgehead atoms. The lowest BCUT2D eigenvalue weighted by Gasteiger charge is -2.11. The summed E-state index contributed by atoms with van der Waals surface area (Å²) in [5, 5.41) is 5.61. The first kappa shape index (κ1) is 16.1. The minimum absolute atomic E-state index is 0.0377. The van der Waals surface area contributed by atoms with Gasteiger partial charge in [-0.05, 0) is 56.0 Å². The van der Waals surface area contributed by atoms with E-state index in [9.17, 15) is 0 Å². The molecule has 4 aromatic rings. The first-order chi connectivity index (χ1) is 13.2. The molecule has 3 heterocycles. The van der Waals surface area contributed by atoms with Crippen LogP contribution in [0, 0.1) is 12.8 Å². The van der Waals surface area contributed by atoms with Crippen molar-refractivity contribution in [2.75, 3.05) is 0 Å². The van der Waals surface area contributed by atoms with Gasteiger partial charge in [0.1, 0.15) is 0 Å². The number of hydrogen-bond donors (Lipinski definition) is 1. The molecular formula is C22H21N5. The van der Waals surface area contributed by atoms with Crippen LogP contribution >= 0.6 is 0 Å². The molecule has 1 aromatic carbocycles. The molecule has 0 radical (unpaired) electrons. The third-order valence-electron chi connectivity index (χ3n) is 5.20. The number of pyridine rings is 2. The summed E-state index contributed by atoms with van der Waals surface area (Å²) in [6, 6.07) is 18.4. The van der Waals surface area contributed by atoms with Crippen LogP contribution in [0.2, 0.25) is 0 Å². The van der Waals surface area contributed by atoms with E-state index in [4.69, 9.17) is 10.7 Å². The van der Waals surface area contributed by atoms with Crippen LogP contribution in [-0.2, 0) is 0 Å². The summed E-state index contributed by atoms with van der Waals surface area (Å²) in [6.45, 7) is 1.99. The zero-order chi connectivity index (χ0) is 18.4. The molecule has 0 amide bonds. The summed E-state index contributed by atoms with van der Waals surface area (Å²) in [5.41, 5.74) is 11.3. The highest BCUT2D eigenvalue weighted by Gasteiger charge is 2.30. The van der Waals surface area contributed by atoms with Gasteiger partial charge in [-0.3, -0.25) is 4.98 Å². The molecule has 3 aromatic heterocycles. The Morgan fingerprint density at radius 2 is 1.89 bits per heavy atom. The predicted molar refractivity (Wildman–Crippen MR) is 106 cm³/mol. The van der Waals surface area contributed by atoms with E-state index >= 15 is 0 Å². The Balaban J connectivity index is 1.58. The van der Waals surface area contributed by atoms with E-state index in [0.29, 0.717) is 5.92 Å². The highest BCUT2D eigenvalue weighted by Crippen LogP contribution is 2.39. The molecular weight excluding hydrogens is 334 g/mol. The Morgan fingerprint density at radius 1 is 1.04 bits per heavy atom. The fourth-order valence-electron chi connectivity index (χ4n) is 3.50. The fraction of sp³-hybridized carbons (Fsp3) is 0.227. The molecule has 5 heteroatoms. The second kappa shape index (κ2) is 6.28. The quantitative estimate of drug-likeness (QED) is 0.595. The lowest BCUT2D eigenvalue weighted by Crippen LogP contribution is -2.14. The van der Waals surface area contributed by atoms with E-state index in [2.05, 4.69) is 28.3 Å². The average molecular weight is 355 g/mol. The van der Waals surface area contributed by atoms with Crippen LogP contribution in [-0.4, -0.2) is 19.7 Å². The number of aryl methyl sites for hydroxylation is 1. The standard InChI is InChI=1S/C22H21N5/c1-14-4-2-7-21(25-14)27-20-12-16(10-11-17(20)13-24-27)18-5-3-6-19(26-18)22(23)15-8-9-15/h2-7,10-13,15,22H,8-9,23H2,1H3.